The first-order valence-electron chi connectivity index (χ1n) is 13.0. The van der Waals surface area contributed by atoms with E-state index in [4.69, 9.17) is 0 Å². The van der Waals surface area contributed by atoms with Crippen molar-refractivity contribution in [1.82, 2.24) is 29.8 Å². The van der Waals surface area contributed by atoms with Gasteiger partial charge < -0.3 is 20.2 Å². The van der Waals surface area contributed by atoms with E-state index in [1.807, 2.05) is 0 Å². The predicted molar refractivity (Wildman–Crippen MR) is 137 cm³/mol. The molecule has 0 aliphatic carbocycles. The first-order valence-corrected chi connectivity index (χ1v) is 13.0. The molecule has 3 aromatic heterocycles. The molecule has 14 heteroatoms. The van der Waals surface area contributed by atoms with Crippen molar-refractivity contribution in [2.75, 3.05) is 48.3 Å². The number of fused-ring (bicyclic) bond motifs is 2. The number of hydrogen-bond donors (Lipinski definition) is 4. The van der Waals surface area contributed by atoms with E-state index >= 15 is 0 Å². The average Bonchev–Trinajstić information content (AvgIpc) is 3.51. The predicted octanol–water partition coefficient (Wildman–Crippen LogP) is 3.42. The van der Waals surface area contributed by atoms with Gasteiger partial charge in [0, 0.05) is 43.7 Å². The summed E-state index contributed by atoms with van der Waals surface area (Å²) in [5, 5.41) is 6.29. The van der Waals surface area contributed by atoms with Crippen LogP contribution < -0.4 is 20.5 Å². The van der Waals surface area contributed by atoms with Gasteiger partial charge >= 0.3 is 12.1 Å². The fourth-order valence-corrected chi connectivity index (χ4v) is 5.31. The highest BCUT2D eigenvalue weighted by Gasteiger charge is 2.32. The third kappa shape index (κ3) is 5.75. The van der Waals surface area contributed by atoms with Crippen molar-refractivity contribution in [2.45, 2.75) is 37.9 Å². The normalized spacial score (nSPS) is 17.3. The van der Waals surface area contributed by atoms with Crippen LogP contribution in [0.25, 0.3) is 11.2 Å². The van der Waals surface area contributed by atoms with Gasteiger partial charge in [0.25, 0.3) is 0 Å². The molecule has 2 aliphatic heterocycles. The minimum atomic E-state index is -4.21. The largest absolute Gasteiger partial charge is 0.401 e. The van der Waals surface area contributed by atoms with Gasteiger partial charge in [-0.1, -0.05) is 4.98 Å². The van der Waals surface area contributed by atoms with E-state index in [2.05, 4.69) is 45.4 Å². The molecule has 5 N–H and O–H groups in total. The van der Waals surface area contributed by atoms with E-state index in [1.54, 1.807) is 24.8 Å². The van der Waals surface area contributed by atoms with E-state index in [9.17, 15) is 17.6 Å². The first kappa shape index (κ1) is 25.3. The summed E-state index contributed by atoms with van der Waals surface area (Å²) in [6.07, 6.45) is 1.76. The summed E-state index contributed by atoms with van der Waals surface area (Å²) in [5.41, 5.74) is 4.34. The first-order chi connectivity index (χ1) is 18.8. The summed E-state index contributed by atoms with van der Waals surface area (Å²) >= 11 is 0. The maximum absolute atomic E-state index is 15.0. The molecule has 1 fully saturated rings. The van der Waals surface area contributed by atoms with Gasteiger partial charge in [-0.05, 0) is 25.0 Å². The third-order valence-electron chi connectivity index (χ3n) is 7.27. The Morgan fingerprint density at radius 1 is 1.03 bits per heavy atom. The molecule has 0 bridgehead atoms. The molecule has 1 saturated heterocycles. The maximum Gasteiger partial charge on any atom is 0.401 e. The van der Waals surface area contributed by atoms with Crippen molar-refractivity contribution in [2.24, 2.45) is 0 Å². The average molecular weight is 546 g/mol. The number of H-pyrrole nitrogens is 3. The van der Waals surface area contributed by atoms with E-state index < -0.39 is 18.5 Å². The van der Waals surface area contributed by atoms with Crippen molar-refractivity contribution in [3.05, 3.63) is 48.1 Å². The summed E-state index contributed by atoms with van der Waals surface area (Å²) in [7, 11) is 0. The zero-order valence-electron chi connectivity index (χ0n) is 21.1. The number of aromatic nitrogens is 6. The van der Waals surface area contributed by atoms with Crippen molar-refractivity contribution >= 4 is 34.3 Å². The molecular formula is C25H29F4N10+. The van der Waals surface area contributed by atoms with E-state index in [0.29, 0.717) is 48.9 Å². The molecule has 1 aromatic carbocycles. The third-order valence-corrected chi connectivity index (χ3v) is 7.27. The number of nitrogens with zero attached hydrogens (tertiary/aromatic N) is 5. The highest BCUT2D eigenvalue weighted by atomic mass is 19.4. The molecule has 10 nitrogen and oxygen atoms in total. The number of halogens is 4. The number of hydrogen-bond acceptors (Lipinski definition) is 7. The molecular weight excluding hydrogens is 516 g/mol. The molecule has 0 atom stereocenters. The fraction of sp³-hybridized carbons (Fsp3) is 0.440. The number of rotatable bonds is 6. The van der Waals surface area contributed by atoms with Crippen molar-refractivity contribution in [1.29, 1.82) is 0 Å². The topological polar surface area (TPSA) is 115 Å². The van der Waals surface area contributed by atoms with Crippen LogP contribution in [0.3, 0.4) is 0 Å². The lowest BCUT2D eigenvalue weighted by Gasteiger charge is -2.33. The van der Waals surface area contributed by atoms with Gasteiger partial charge in [-0.2, -0.15) is 13.2 Å². The standard InChI is InChI=1S/C25H28F4N10/c26-17-11-16(1-2-18(17)34-15-3-7-38(8-4-15)12-25(27,28)29)35-24-36-22-21(32-14-33-22)23(37-24)39-9-5-19-20(6-10-39)31-13-30-19/h1-2,11,13-15,34H,3-10,12H2,(H,30,31)(H2,32,33,35,36,37)/p+1. The van der Waals surface area contributed by atoms with Gasteiger partial charge in [-0.3, -0.25) is 10.2 Å². The Balaban J connectivity index is 1.13. The van der Waals surface area contributed by atoms with E-state index in [0.717, 1.165) is 48.7 Å². The number of imidazole rings is 2. The zero-order valence-corrected chi connectivity index (χ0v) is 21.1. The van der Waals surface area contributed by atoms with E-state index in [-0.39, 0.29) is 6.04 Å². The molecule has 4 aromatic rings. The highest BCUT2D eigenvalue weighted by Crippen LogP contribution is 2.27. The van der Waals surface area contributed by atoms with Crippen molar-refractivity contribution < 1.29 is 22.5 Å². The second kappa shape index (κ2) is 10.3. The molecule has 2 aliphatic rings. The Hall–Kier alpha value is -3.94. The van der Waals surface area contributed by atoms with Gasteiger partial charge in [-0.25, -0.2) is 19.3 Å². The number of aromatic amines is 3. The summed E-state index contributed by atoms with van der Waals surface area (Å²) < 4.78 is 52.9. The quantitative estimate of drug-likeness (QED) is 0.275. The lowest BCUT2D eigenvalue weighted by Crippen LogP contribution is -2.43. The van der Waals surface area contributed by atoms with Crippen molar-refractivity contribution in [3.8, 4) is 0 Å². The lowest BCUT2D eigenvalue weighted by molar-refractivity contribution is -0.348. The Kier molecular flexibility index (Phi) is 6.71. The van der Waals surface area contributed by atoms with Gasteiger partial charge in [0.1, 0.15) is 5.82 Å². The number of piperidine rings is 1. The second-order valence-corrected chi connectivity index (χ2v) is 9.98. The smallest absolute Gasteiger partial charge is 0.380 e. The second-order valence-electron chi connectivity index (χ2n) is 9.98. The van der Waals surface area contributed by atoms with Crippen LogP contribution in [0.1, 0.15) is 24.2 Å². The van der Waals surface area contributed by atoms with Crippen LogP contribution >= 0.6 is 0 Å². The summed E-state index contributed by atoms with van der Waals surface area (Å²) in [4.78, 5) is 26.6. The molecule has 0 radical (unpaired) electrons. The summed E-state index contributed by atoms with van der Waals surface area (Å²) in [6.45, 7) is 1.26. The molecule has 0 unspecified atom stereocenters. The zero-order chi connectivity index (χ0) is 27.0. The number of anilines is 4. The molecule has 0 spiro atoms. The van der Waals surface area contributed by atoms with Crippen molar-refractivity contribution in [3.63, 3.8) is 0 Å². The molecule has 6 rings (SSSR count). The SMILES string of the molecule is Fc1cc(Nc2nc3nc[nH]c3c(N3CCc4nc[nH]c4CC3)[nH+]2)ccc1NC1CCN(CC(F)(F)F)CC1. The molecule has 206 valence electrons. The Labute approximate surface area is 221 Å². The minimum Gasteiger partial charge on any atom is -0.380 e. The maximum atomic E-state index is 15.0. The monoisotopic (exact) mass is 545 g/mol. The number of alkyl halides is 3. The van der Waals surface area contributed by atoms with Gasteiger partial charge in [0.15, 0.2) is 5.52 Å². The molecule has 5 heterocycles. The Morgan fingerprint density at radius 3 is 2.62 bits per heavy atom. The Morgan fingerprint density at radius 2 is 1.82 bits per heavy atom. The summed E-state index contributed by atoms with van der Waals surface area (Å²) in [6, 6.07) is 4.64. The van der Waals surface area contributed by atoms with Crippen LogP contribution in [-0.4, -0.2) is 74.8 Å². The molecule has 0 saturated carbocycles. The number of likely N-dealkylation sites (tertiary alicyclic amines) is 1. The van der Waals surface area contributed by atoms with Crippen LogP contribution in [0.5, 0.6) is 0 Å². The number of benzene rings is 1. The van der Waals surface area contributed by atoms with Gasteiger partial charge in [0.2, 0.25) is 11.5 Å². The highest BCUT2D eigenvalue weighted by molar-refractivity contribution is 5.82. The van der Waals surface area contributed by atoms with Crippen LogP contribution in [0.15, 0.2) is 30.9 Å². The van der Waals surface area contributed by atoms with Crippen LogP contribution in [0, 0.1) is 5.82 Å². The van der Waals surface area contributed by atoms with Gasteiger partial charge in [-0.15, -0.1) is 0 Å². The molecule has 39 heavy (non-hydrogen) atoms. The lowest BCUT2D eigenvalue weighted by atomic mass is 10.0. The minimum absolute atomic E-state index is 0.0900. The van der Waals surface area contributed by atoms with E-state index in [1.165, 1.54) is 11.0 Å². The van der Waals surface area contributed by atoms with Crippen LogP contribution in [0.2, 0.25) is 0 Å². The molecule has 0 amide bonds. The Bertz CT molecular complexity index is 1420. The van der Waals surface area contributed by atoms with Gasteiger partial charge in [0.05, 0.1) is 49.4 Å². The van der Waals surface area contributed by atoms with Crippen LogP contribution in [-0.2, 0) is 12.8 Å². The van der Waals surface area contributed by atoms with Crippen LogP contribution in [0.4, 0.5) is 40.7 Å². The number of nitrogens with one attached hydrogen (secondary N) is 5. The fourth-order valence-electron chi connectivity index (χ4n) is 5.31. The summed E-state index contributed by atoms with van der Waals surface area (Å²) in [5.74, 6) is 0.795.